The van der Waals surface area contributed by atoms with Gasteiger partial charge in [0.05, 0.1) is 32.3 Å². The molecular weight excluding hydrogens is 382 g/mol. The van der Waals surface area contributed by atoms with E-state index in [1.165, 1.54) is 32.4 Å². The van der Waals surface area contributed by atoms with Crippen LogP contribution < -0.4 is 24.3 Å². The maximum Gasteiger partial charge on any atom is 0.387 e. The standard InChI is InChI=1S/C17H16F2N2O7/c1-25-12-5-4-9(6-13(12)26-2)20-16(22)10-7-14(27-3)15(28-17(18)19)8-11(10)21(23)24/h4-8,17H,1-3H3,(H,20,22). The van der Waals surface area contributed by atoms with Crippen LogP contribution in [0.3, 0.4) is 0 Å². The molecule has 150 valence electrons. The monoisotopic (exact) mass is 398 g/mol. The van der Waals surface area contributed by atoms with Crippen molar-refractivity contribution in [3.05, 3.63) is 46.0 Å². The fourth-order valence-electron chi connectivity index (χ4n) is 2.34. The maximum absolute atomic E-state index is 12.6. The quantitative estimate of drug-likeness (QED) is 0.536. The highest BCUT2D eigenvalue weighted by Gasteiger charge is 2.26. The minimum absolute atomic E-state index is 0.261. The number of benzene rings is 2. The first-order valence-corrected chi connectivity index (χ1v) is 7.65. The second-order valence-corrected chi connectivity index (χ2v) is 5.18. The van der Waals surface area contributed by atoms with E-state index in [0.29, 0.717) is 17.6 Å². The van der Waals surface area contributed by atoms with Crippen molar-refractivity contribution in [2.45, 2.75) is 6.61 Å². The van der Waals surface area contributed by atoms with E-state index < -0.39 is 34.4 Å². The lowest BCUT2D eigenvalue weighted by Gasteiger charge is -2.13. The first-order valence-electron chi connectivity index (χ1n) is 7.65. The van der Waals surface area contributed by atoms with E-state index in [2.05, 4.69) is 10.1 Å². The third-order valence-electron chi connectivity index (χ3n) is 3.58. The van der Waals surface area contributed by atoms with Crippen LogP contribution in [-0.2, 0) is 0 Å². The van der Waals surface area contributed by atoms with Crippen molar-refractivity contribution >= 4 is 17.3 Å². The smallest absolute Gasteiger partial charge is 0.387 e. The van der Waals surface area contributed by atoms with Gasteiger partial charge in [-0.15, -0.1) is 0 Å². The van der Waals surface area contributed by atoms with Gasteiger partial charge in [0.2, 0.25) is 0 Å². The third kappa shape index (κ3) is 4.55. The van der Waals surface area contributed by atoms with Crippen LogP contribution in [-0.4, -0.2) is 38.8 Å². The number of nitrogens with zero attached hydrogens (tertiary/aromatic N) is 1. The Hall–Kier alpha value is -3.63. The van der Waals surface area contributed by atoms with Gasteiger partial charge in [0.15, 0.2) is 23.0 Å². The summed E-state index contributed by atoms with van der Waals surface area (Å²) in [6, 6.07) is 6.13. The Labute approximate surface area is 157 Å². The second kappa shape index (κ2) is 8.84. The van der Waals surface area contributed by atoms with Gasteiger partial charge in [0, 0.05) is 17.8 Å². The number of hydrogen-bond acceptors (Lipinski definition) is 7. The van der Waals surface area contributed by atoms with Crippen LogP contribution in [0.15, 0.2) is 30.3 Å². The van der Waals surface area contributed by atoms with Crippen LogP contribution >= 0.6 is 0 Å². The molecule has 0 aliphatic rings. The van der Waals surface area contributed by atoms with E-state index in [0.717, 1.165) is 13.2 Å². The van der Waals surface area contributed by atoms with E-state index in [1.54, 1.807) is 0 Å². The summed E-state index contributed by atoms with van der Waals surface area (Å²) in [7, 11) is 3.99. The third-order valence-corrected chi connectivity index (χ3v) is 3.58. The summed E-state index contributed by atoms with van der Waals surface area (Å²) < 4.78 is 44.3. The molecule has 0 saturated heterocycles. The van der Waals surface area contributed by atoms with Crippen LogP contribution in [0, 0.1) is 10.1 Å². The SMILES string of the molecule is COc1ccc(NC(=O)c2cc(OC)c(OC(F)F)cc2[N+](=O)[O-])cc1OC. The normalized spacial score (nSPS) is 10.4. The Bertz CT molecular complexity index is 890. The molecule has 0 saturated carbocycles. The molecule has 0 heterocycles. The molecule has 0 spiro atoms. The molecule has 28 heavy (non-hydrogen) atoms. The molecule has 1 amide bonds. The van der Waals surface area contributed by atoms with Gasteiger partial charge in [-0.25, -0.2) is 0 Å². The lowest BCUT2D eigenvalue weighted by molar-refractivity contribution is -0.385. The number of nitrogens with one attached hydrogen (secondary N) is 1. The van der Waals surface area contributed by atoms with Crippen LogP contribution in [0.2, 0.25) is 0 Å². The van der Waals surface area contributed by atoms with Gasteiger partial charge in [-0.3, -0.25) is 14.9 Å². The number of hydrogen-bond donors (Lipinski definition) is 1. The average Bonchev–Trinajstić information content (AvgIpc) is 2.66. The van der Waals surface area contributed by atoms with Gasteiger partial charge in [-0.2, -0.15) is 8.78 Å². The molecule has 0 unspecified atom stereocenters. The van der Waals surface area contributed by atoms with Gasteiger partial charge in [-0.05, 0) is 12.1 Å². The molecule has 0 atom stereocenters. The summed E-state index contributed by atoms with van der Waals surface area (Å²) >= 11 is 0. The Kier molecular flexibility index (Phi) is 6.53. The van der Waals surface area contributed by atoms with Gasteiger partial charge in [0.25, 0.3) is 11.6 Å². The summed E-state index contributed by atoms with van der Waals surface area (Å²) in [6.07, 6.45) is 0. The number of amides is 1. The van der Waals surface area contributed by atoms with Crippen LogP contribution in [0.4, 0.5) is 20.2 Å². The number of ether oxygens (including phenoxy) is 4. The first kappa shape index (κ1) is 20.7. The molecule has 0 radical (unpaired) electrons. The van der Waals surface area contributed by atoms with Gasteiger partial charge >= 0.3 is 6.61 Å². The lowest BCUT2D eigenvalue weighted by atomic mass is 10.1. The molecule has 1 N–H and O–H groups in total. The fraction of sp³-hybridized carbons (Fsp3) is 0.235. The molecule has 0 fully saturated rings. The van der Waals surface area contributed by atoms with Crippen molar-refractivity contribution in [1.82, 2.24) is 0 Å². The van der Waals surface area contributed by atoms with Crippen molar-refractivity contribution in [3.63, 3.8) is 0 Å². The molecule has 0 aromatic heterocycles. The number of methoxy groups -OCH3 is 3. The van der Waals surface area contributed by atoms with E-state index in [-0.39, 0.29) is 11.4 Å². The molecule has 0 bridgehead atoms. The Morgan fingerprint density at radius 3 is 2.14 bits per heavy atom. The largest absolute Gasteiger partial charge is 0.493 e. The van der Waals surface area contributed by atoms with E-state index in [1.807, 2.05) is 0 Å². The van der Waals surface area contributed by atoms with Crippen molar-refractivity contribution in [2.24, 2.45) is 0 Å². The summed E-state index contributed by atoms with van der Waals surface area (Å²) in [5, 5.41) is 13.8. The summed E-state index contributed by atoms with van der Waals surface area (Å²) in [6.45, 7) is -3.22. The molecule has 0 aliphatic heterocycles. The number of anilines is 1. The predicted octanol–water partition coefficient (Wildman–Crippen LogP) is 3.47. The number of carbonyl (C=O) groups excluding carboxylic acids is 1. The highest BCUT2D eigenvalue weighted by Crippen LogP contribution is 2.36. The minimum Gasteiger partial charge on any atom is -0.493 e. The molecule has 2 aromatic rings. The van der Waals surface area contributed by atoms with Crippen LogP contribution in [0.5, 0.6) is 23.0 Å². The number of alkyl halides is 2. The fourth-order valence-corrected chi connectivity index (χ4v) is 2.34. The van der Waals surface area contributed by atoms with Crippen LogP contribution in [0.1, 0.15) is 10.4 Å². The number of carbonyl (C=O) groups is 1. The Morgan fingerprint density at radius 1 is 1.00 bits per heavy atom. The van der Waals surface area contributed by atoms with Crippen LogP contribution in [0.25, 0.3) is 0 Å². The number of halogens is 2. The van der Waals surface area contributed by atoms with Crippen molar-refractivity contribution < 1.29 is 37.4 Å². The molecular formula is C17H16F2N2O7. The maximum atomic E-state index is 12.6. The topological polar surface area (TPSA) is 109 Å². The van der Waals surface area contributed by atoms with Crippen molar-refractivity contribution in [1.29, 1.82) is 0 Å². The van der Waals surface area contributed by atoms with Gasteiger partial charge in [0.1, 0.15) is 5.56 Å². The number of rotatable bonds is 8. The molecule has 11 heteroatoms. The highest BCUT2D eigenvalue weighted by molar-refractivity contribution is 6.07. The predicted molar refractivity (Wildman–Crippen MR) is 93.8 cm³/mol. The lowest BCUT2D eigenvalue weighted by Crippen LogP contribution is -2.15. The van der Waals surface area contributed by atoms with Crippen molar-refractivity contribution in [2.75, 3.05) is 26.6 Å². The first-order chi connectivity index (χ1) is 13.3. The summed E-state index contributed by atoms with van der Waals surface area (Å²) in [5.74, 6) is -0.939. The average molecular weight is 398 g/mol. The minimum atomic E-state index is -3.22. The van der Waals surface area contributed by atoms with Gasteiger partial charge < -0.3 is 24.3 Å². The second-order valence-electron chi connectivity index (χ2n) is 5.18. The van der Waals surface area contributed by atoms with Gasteiger partial charge in [-0.1, -0.05) is 0 Å². The summed E-state index contributed by atoms with van der Waals surface area (Å²) in [5.41, 5.74) is -0.864. The summed E-state index contributed by atoms with van der Waals surface area (Å²) in [4.78, 5) is 23.0. The zero-order chi connectivity index (χ0) is 20.8. The zero-order valence-electron chi connectivity index (χ0n) is 15.0. The number of nitro benzene ring substituents is 1. The zero-order valence-corrected chi connectivity index (χ0v) is 15.0. The van der Waals surface area contributed by atoms with E-state index in [9.17, 15) is 23.7 Å². The molecule has 2 aromatic carbocycles. The Balaban J connectivity index is 2.42. The van der Waals surface area contributed by atoms with Crippen molar-refractivity contribution in [3.8, 4) is 23.0 Å². The van der Waals surface area contributed by atoms with E-state index >= 15 is 0 Å². The Morgan fingerprint density at radius 2 is 1.61 bits per heavy atom. The van der Waals surface area contributed by atoms with E-state index in [4.69, 9.17) is 14.2 Å². The molecule has 9 nitrogen and oxygen atoms in total. The number of nitro groups is 1. The molecule has 2 rings (SSSR count). The molecule has 0 aliphatic carbocycles. The highest BCUT2D eigenvalue weighted by atomic mass is 19.3.